The Morgan fingerprint density at radius 2 is 2.13 bits per heavy atom. The van der Waals surface area contributed by atoms with Gasteiger partial charge in [0.2, 0.25) is 0 Å². The zero-order valence-corrected chi connectivity index (χ0v) is 11.2. The van der Waals surface area contributed by atoms with Crippen LogP contribution in [0.5, 0.6) is 0 Å². The lowest BCUT2D eigenvalue weighted by atomic mass is 9.99. The van der Waals surface area contributed by atoms with Crippen LogP contribution in [0.2, 0.25) is 0 Å². The van der Waals surface area contributed by atoms with E-state index >= 15 is 0 Å². The van der Waals surface area contributed by atoms with Crippen LogP contribution in [-0.4, -0.2) is 17.1 Å². The van der Waals surface area contributed by atoms with Gasteiger partial charge in [-0.2, -0.15) is 11.8 Å². The predicted molar refractivity (Wildman–Crippen MR) is 69.3 cm³/mol. The summed E-state index contributed by atoms with van der Waals surface area (Å²) in [6.45, 7) is 7.41. The molecule has 0 saturated carbocycles. The minimum atomic E-state index is 0.464. The van der Waals surface area contributed by atoms with E-state index in [1.54, 1.807) is 0 Å². The molecular formula is C13H24OS. The molecule has 1 aliphatic rings. The van der Waals surface area contributed by atoms with Crippen LogP contribution in [0.25, 0.3) is 0 Å². The maximum Gasteiger partial charge on any atom is 0.0886 e. The third-order valence-corrected chi connectivity index (χ3v) is 4.47. The van der Waals surface area contributed by atoms with E-state index in [0.717, 1.165) is 6.61 Å². The quantitative estimate of drug-likeness (QED) is 0.521. The van der Waals surface area contributed by atoms with Crippen LogP contribution in [-0.2, 0) is 4.74 Å². The van der Waals surface area contributed by atoms with Crippen molar-refractivity contribution < 1.29 is 4.74 Å². The number of hydrogen-bond donors (Lipinski definition) is 0. The van der Waals surface area contributed by atoms with Crippen molar-refractivity contribution in [2.45, 2.75) is 57.6 Å². The Balaban J connectivity index is 2.25. The largest absolute Gasteiger partial charge is 0.501 e. The second-order valence-electron chi connectivity index (χ2n) is 4.93. The summed E-state index contributed by atoms with van der Waals surface area (Å²) in [6, 6.07) is 0. The predicted octanol–water partition coefficient (Wildman–Crippen LogP) is 4.38. The molecule has 1 nitrogen and oxygen atoms in total. The van der Waals surface area contributed by atoms with Gasteiger partial charge in [-0.1, -0.05) is 19.8 Å². The second-order valence-corrected chi connectivity index (χ2v) is 6.61. The van der Waals surface area contributed by atoms with Crippen LogP contribution in [0, 0.1) is 0 Å². The van der Waals surface area contributed by atoms with Crippen molar-refractivity contribution in [1.29, 1.82) is 0 Å². The number of ether oxygens (including phenoxy) is 1. The molecule has 1 fully saturated rings. The topological polar surface area (TPSA) is 9.23 Å². The molecule has 1 saturated heterocycles. The summed E-state index contributed by atoms with van der Waals surface area (Å²) >= 11 is 2.14. The van der Waals surface area contributed by atoms with E-state index in [-0.39, 0.29) is 0 Å². The highest BCUT2D eigenvalue weighted by atomic mass is 32.2. The van der Waals surface area contributed by atoms with Crippen molar-refractivity contribution in [2.24, 2.45) is 0 Å². The van der Waals surface area contributed by atoms with Crippen LogP contribution in [0.3, 0.4) is 0 Å². The Bertz CT molecular complexity index is 199. The average molecular weight is 228 g/mol. The molecule has 1 atom stereocenters. The molecule has 0 bridgehead atoms. The lowest BCUT2D eigenvalue weighted by Crippen LogP contribution is -2.21. The molecule has 15 heavy (non-hydrogen) atoms. The van der Waals surface area contributed by atoms with Gasteiger partial charge in [0.1, 0.15) is 0 Å². The first-order chi connectivity index (χ1) is 7.12. The fourth-order valence-corrected chi connectivity index (χ4v) is 3.22. The summed E-state index contributed by atoms with van der Waals surface area (Å²) in [5.41, 5.74) is 1.24. The van der Waals surface area contributed by atoms with E-state index < -0.39 is 0 Å². The van der Waals surface area contributed by atoms with E-state index in [2.05, 4.69) is 32.5 Å². The van der Waals surface area contributed by atoms with E-state index in [0.29, 0.717) is 4.75 Å². The van der Waals surface area contributed by atoms with Crippen molar-refractivity contribution in [3.63, 3.8) is 0 Å². The fourth-order valence-electron chi connectivity index (χ4n) is 1.87. The molecule has 0 aromatic rings. The zero-order valence-electron chi connectivity index (χ0n) is 10.3. The van der Waals surface area contributed by atoms with E-state index in [9.17, 15) is 0 Å². The fraction of sp³-hybridized carbons (Fsp3) is 0.846. The van der Waals surface area contributed by atoms with Gasteiger partial charge in [-0.3, -0.25) is 0 Å². The molecule has 0 amide bonds. The third-order valence-electron chi connectivity index (χ3n) is 2.87. The maximum absolute atomic E-state index is 5.53. The molecule has 0 radical (unpaired) electrons. The number of hydrogen-bond acceptors (Lipinski definition) is 2. The Morgan fingerprint density at radius 1 is 1.33 bits per heavy atom. The van der Waals surface area contributed by atoms with Crippen LogP contribution >= 0.6 is 11.8 Å². The Morgan fingerprint density at radius 3 is 2.87 bits per heavy atom. The van der Waals surface area contributed by atoms with Gasteiger partial charge in [0.15, 0.2) is 0 Å². The van der Waals surface area contributed by atoms with Crippen LogP contribution in [0.1, 0.15) is 52.9 Å². The molecule has 88 valence electrons. The van der Waals surface area contributed by atoms with Gasteiger partial charge in [0.25, 0.3) is 0 Å². The summed E-state index contributed by atoms with van der Waals surface area (Å²) in [5, 5.41) is 0. The molecule has 0 spiro atoms. The first-order valence-electron chi connectivity index (χ1n) is 6.01. The smallest absolute Gasteiger partial charge is 0.0886 e. The van der Waals surface area contributed by atoms with Crippen molar-refractivity contribution in [3.8, 4) is 0 Å². The van der Waals surface area contributed by atoms with Gasteiger partial charge < -0.3 is 4.74 Å². The van der Waals surface area contributed by atoms with Gasteiger partial charge >= 0.3 is 0 Å². The van der Waals surface area contributed by atoms with E-state index in [1.807, 2.05) is 6.26 Å². The van der Waals surface area contributed by atoms with Gasteiger partial charge in [-0.05, 0) is 44.4 Å². The van der Waals surface area contributed by atoms with Crippen LogP contribution < -0.4 is 0 Å². The number of rotatable bonds is 4. The van der Waals surface area contributed by atoms with Crippen LogP contribution in [0.15, 0.2) is 11.8 Å². The maximum atomic E-state index is 5.53. The lowest BCUT2D eigenvalue weighted by molar-refractivity contribution is 0.227. The molecule has 0 aromatic heterocycles. The van der Waals surface area contributed by atoms with Crippen LogP contribution in [0.4, 0.5) is 0 Å². The first-order valence-corrected chi connectivity index (χ1v) is 7.00. The van der Waals surface area contributed by atoms with E-state index in [1.165, 1.54) is 43.4 Å². The molecular weight excluding hydrogens is 204 g/mol. The normalized spacial score (nSPS) is 26.9. The monoisotopic (exact) mass is 228 g/mol. The molecule has 2 heteroatoms. The molecule has 0 aliphatic carbocycles. The minimum Gasteiger partial charge on any atom is -0.501 e. The minimum absolute atomic E-state index is 0.464. The Labute approximate surface area is 98.7 Å². The summed E-state index contributed by atoms with van der Waals surface area (Å²) in [4.78, 5) is 0. The zero-order chi connectivity index (χ0) is 11.1. The third kappa shape index (κ3) is 5.50. The molecule has 1 heterocycles. The van der Waals surface area contributed by atoms with Crippen molar-refractivity contribution >= 4 is 11.8 Å². The summed E-state index contributed by atoms with van der Waals surface area (Å²) in [7, 11) is 0. The van der Waals surface area contributed by atoms with Crippen molar-refractivity contribution in [1.82, 2.24) is 0 Å². The second kappa shape index (κ2) is 6.47. The molecule has 1 rings (SSSR count). The highest BCUT2D eigenvalue weighted by molar-refractivity contribution is 8.00. The standard InChI is InChI=1S/C13H24OS/c1-12(2)11-14-9-8-13(3)7-5-4-6-10-15-13/h11H,4-10H2,1-3H3. The van der Waals surface area contributed by atoms with Crippen molar-refractivity contribution in [3.05, 3.63) is 11.8 Å². The Hall–Kier alpha value is -0.110. The number of allylic oxidation sites excluding steroid dienone is 1. The summed E-state index contributed by atoms with van der Waals surface area (Å²) in [5.74, 6) is 1.33. The molecule has 0 N–H and O–H groups in total. The van der Waals surface area contributed by atoms with Gasteiger partial charge in [0, 0.05) is 4.75 Å². The Kier molecular flexibility index (Phi) is 5.59. The first kappa shape index (κ1) is 13.0. The van der Waals surface area contributed by atoms with E-state index in [4.69, 9.17) is 4.74 Å². The molecule has 1 aliphatic heterocycles. The highest BCUT2D eigenvalue weighted by Crippen LogP contribution is 2.37. The number of thioether (sulfide) groups is 1. The van der Waals surface area contributed by atoms with Crippen molar-refractivity contribution in [2.75, 3.05) is 12.4 Å². The summed E-state index contributed by atoms with van der Waals surface area (Å²) < 4.78 is 5.99. The lowest BCUT2D eigenvalue weighted by Gasteiger charge is -2.26. The molecule has 1 unspecified atom stereocenters. The summed E-state index contributed by atoms with van der Waals surface area (Å²) in [6.07, 6.45) is 8.63. The average Bonchev–Trinajstić information content (AvgIpc) is 2.38. The van der Waals surface area contributed by atoms with Gasteiger partial charge in [-0.25, -0.2) is 0 Å². The highest BCUT2D eigenvalue weighted by Gasteiger charge is 2.25. The SMILES string of the molecule is CC(C)=COCCC1(C)CCCCCS1. The van der Waals surface area contributed by atoms with Gasteiger partial charge in [0.05, 0.1) is 12.9 Å². The van der Waals surface area contributed by atoms with Gasteiger partial charge in [-0.15, -0.1) is 0 Å². The molecule has 0 aromatic carbocycles.